The van der Waals surface area contributed by atoms with Crippen LogP contribution in [-0.2, 0) is 28.7 Å². The fourth-order valence-electron chi connectivity index (χ4n) is 5.81. The third-order valence-corrected chi connectivity index (χ3v) is 8.52. The summed E-state index contributed by atoms with van der Waals surface area (Å²) in [6, 6.07) is 14.3. The average molecular weight is 533 g/mol. The molecular formula is C34H52N4O. The van der Waals surface area contributed by atoms with Crippen molar-refractivity contribution in [2.24, 2.45) is 0 Å². The molecule has 0 aromatic heterocycles. The van der Waals surface area contributed by atoms with Crippen LogP contribution < -0.4 is 15.5 Å². The maximum atomic E-state index is 5.59. The predicted octanol–water partition coefficient (Wildman–Crippen LogP) is 5.72. The Bertz CT molecular complexity index is 1120. The largest absolute Gasteiger partial charge is 0.378 e. The minimum atomic E-state index is 0.0912. The van der Waals surface area contributed by atoms with Crippen LogP contribution in [0.15, 0.2) is 42.5 Å². The van der Waals surface area contributed by atoms with Crippen molar-refractivity contribution in [1.29, 1.82) is 0 Å². The van der Waals surface area contributed by atoms with Crippen LogP contribution >= 0.6 is 0 Å². The molecular weight excluding hydrogens is 480 g/mol. The third-order valence-electron chi connectivity index (χ3n) is 8.52. The summed E-state index contributed by atoms with van der Waals surface area (Å²) in [5, 5.41) is 6.86. The SMILES string of the molecule is CNCc1cc(C(C)(C)CCN(C)Cc2cc(C(C)(C)C)ccc2C2=CCNCC2)ccc1N1CCOCC1. The molecule has 2 aliphatic rings. The van der Waals surface area contributed by atoms with Gasteiger partial charge in [0, 0.05) is 38.4 Å². The zero-order chi connectivity index (χ0) is 28.0. The number of hydrogen-bond acceptors (Lipinski definition) is 5. The maximum Gasteiger partial charge on any atom is 0.0642 e. The minimum Gasteiger partial charge on any atom is -0.378 e. The summed E-state index contributed by atoms with van der Waals surface area (Å²) in [6.45, 7) is 20.3. The zero-order valence-electron chi connectivity index (χ0n) is 25.6. The zero-order valence-corrected chi connectivity index (χ0v) is 25.6. The first-order valence-corrected chi connectivity index (χ1v) is 14.9. The number of anilines is 1. The fraction of sp³-hybridized carbons (Fsp3) is 0.588. The van der Waals surface area contributed by atoms with Crippen molar-refractivity contribution in [1.82, 2.24) is 15.5 Å². The van der Waals surface area contributed by atoms with Crippen molar-refractivity contribution in [2.45, 2.75) is 71.4 Å². The second-order valence-corrected chi connectivity index (χ2v) is 13.2. The van der Waals surface area contributed by atoms with E-state index in [1.807, 2.05) is 7.05 Å². The summed E-state index contributed by atoms with van der Waals surface area (Å²) in [4.78, 5) is 4.99. The van der Waals surface area contributed by atoms with E-state index >= 15 is 0 Å². The number of morpholine rings is 1. The Hall–Kier alpha value is -2.18. The van der Waals surface area contributed by atoms with E-state index in [0.29, 0.717) is 0 Å². The van der Waals surface area contributed by atoms with Gasteiger partial charge in [0.1, 0.15) is 0 Å². The van der Waals surface area contributed by atoms with Crippen LogP contribution in [0, 0.1) is 0 Å². The van der Waals surface area contributed by atoms with E-state index in [4.69, 9.17) is 4.74 Å². The van der Waals surface area contributed by atoms with E-state index in [1.54, 1.807) is 0 Å². The van der Waals surface area contributed by atoms with Crippen LogP contribution in [0.25, 0.3) is 5.57 Å². The molecule has 0 aliphatic carbocycles. The van der Waals surface area contributed by atoms with E-state index < -0.39 is 0 Å². The van der Waals surface area contributed by atoms with Gasteiger partial charge < -0.3 is 25.2 Å². The van der Waals surface area contributed by atoms with Gasteiger partial charge in [-0.25, -0.2) is 0 Å². The summed E-state index contributed by atoms with van der Waals surface area (Å²) < 4.78 is 5.59. The summed E-state index contributed by atoms with van der Waals surface area (Å²) in [6.07, 6.45) is 4.60. The smallest absolute Gasteiger partial charge is 0.0642 e. The van der Waals surface area contributed by atoms with E-state index in [-0.39, 0.29) is 10.8 Å². The summed E-state index contributed by atoms with van der Waals surface area (Å²) in [7, 11) is 4.33. The number of benzene rings is 2. The Morgan fingerprint density at radius 2 is 1.69 bits per heavy atom. The van der Waals surface area contributed by atoms with E-state index in [1.165, 1.54) is 39.1 Å². The van der Waals surface area contributed by atoms with Crippen LogP contribution in [-0.4, -0.2) is 64.9 Å². The number of nitrogens with one attached hydrogen (secondary N) is 2. The van der Waals surface area contributed by atoms with Gasteiger partial charge in [-0.3, -0.25) is 0 Å². The number of rotatable bonds is 10. The first-order chi connectivity index (χ1) is 18.6. The van der Waals surface area contributed by atoms with Crippen molar-refractivity contribution < 1.29 is 4.74 Å². The fourth-order valence-corrected chi connectivity index (χ4v) is 5.81. The van der Waals surface area contributed by atoms with Gasteiger partial charge >= 0.3 is 0 Å². The maximum absolute atomic E-state index is 5.59. The Balaban J connectivity index is 1.48. The van der Waals surface area contributed by atoms with Gasteiger partial charge in [-0.1, -0.05) is 71.0 Å². The predicted molar refractivity (Wildman–Crippen MR) is 167 cm³/mol. The standard InChI is InChI=1S/C34H52N4O/c1-33(2,3)29-8-10-31(26-12-15-36-16-13-26)28(23-29)25-37(7)17-14-34(4,5)30-9-11-32(27(22-30)24-35-6)38-18-20-39-21-19-38/h8-12,22-23,35-36H,13-21,24-25H2,1-7H3. The lowest BCUT2D eigenvalue weighted by atomic mass is 9.80. The Morgan fingerprint density at radius 3 is 2.36 bits per heavy atom. The van der Waals surface area contributed by atoms with Crippen molar-refractivity contribution in [2.75, 3.05) is 64.9 Å². The molecule has 2 N–H and O–H groups in total. The second-order valence-electron chi connectivity index (χ2n) is 13.2. The molecule has 214 valence electrons. The molecule has 39 heavy (non-hydrogen) atoms. The van der Waals surface area contributed by atoms with Gasteiger partial charge in [-0.2, -0.15) is 0 Å². The molecule has 5 nitrogen and oxygen atoms in total. The molecule has 0 amide bonds. The van der Waals surface area contributed by atoms with Gasteiger partial charge in [0.05, 0.1) is 13.2 Å². The highest BCUT2D eigenvalue weighted by Gasteiger charge is 2.24. The van der Waals surface area contributed by atoms with Crippen molar-refractivity contribution in [3.8, 4) is 0 Å². The van der Waals surface area contributed by atoms with Gasteiger partial charge in [0.25, 0.3) is 0 Å². The number of ether oxygens (including phenoxy) is 1. The van der Waals surface area contributed by atoms with Crippen LogP contribution in [0.1, 0.15) is 75.3 Å². The summed E-state index contributed by atoms with van der Waals surface area (Å²) in [5.74, 6) is 0. The molecule has 1 fully saturated rings. The van der Waals surface area contributed by atoms with Crippen LogP contribution in [0.4, 0.5) is 5.69 Å². The van der Waals surface area contributed by atoms with Crippen molar-refractivity contribution >= 4 is 11.3 Å². The van der Waals surface area contributed by atoms with E-state index in [9.17, 15) is 0 Å². The summed E-state index contributed by atoms with van der Waals surface area (Å²) in [5.41, 5.74) is 10.2. The molecule has 0 saturated carbocycles. The average Bonchev–Trinajstić information content (AvgIpc) is 2.92. The van der Waals surface area contributed by atoms with Crippen molar-refractivity contribution in [3.05, 3.63) is 70.3 Å². The minimum absolute atomic E-state index is 0.0912. The monoisotopic (exact) mass is 532 g/mol. The molecule has 0 unspecified atom stereocenters. The Labute approximate surface area is 238 Å². The molecule has 5 heteroatoms. The van der Waals surface area contributed by atoms with E-state index in [0.717, 1.165) is 71.9 Å². The topological polar surface area (TPSA) is 39.8 Å². The van der Waals surface area contributed by atoms with Crippen LogP contribution in [0.5, 0.6) is 0 Å². The molecule has 0 radical (unpaired) electrons. The quantitative estimate of drug-likeness (QED) is 0.410. The highest BCUT2D eigenvalue weighted by Crippen LogP contribution is 2.33. The first-order valence-electron chi connectivity index (χ1n) is 14.9. The van der Waals surface area contributed by atoms with Gasteiger partial charge in [-0.05, 0) is 90.3 Å². The third kappa shape index (κ3) is 7.73. The van der Waals surface area contributed by atoms with Gasteiger partial charge in [0.2, 0.25) is 0 Å². The second kappa shape index (κ2) is 13.0. The lowest BCUT2D eigenvalue weighted by Crippen LogP contribution is -2.37. The molecule has 4 rings (SSSR count). The Morgan fingerprint density at radius 1 is 0.974 bits per heavy atom. The molecule has 2 aromatic rings. The first kappa shape index (κ1) is 29.8. The van der Waals surface area contributed by atoms with Gasteiger partial charge in [-0.15, -0.1) is 0 Å². The molecule has 0 bridgehead atoms. The molecule has 0 spiro atoms. The molecule has 2 aliphatic heterocycles. The number of hydrogen-bond donors (Lipinski definition) is 2. The van der Waals surface area contributed by atoms with Gasteiger partial charge in [0.15, 0.2) is 0 Å². The molecule has 0 atom stereocenters. The lowest BCUT2D eigenvalue weighted by molar-refractivity contribution is 0.122. The van der Waals surface area contributed by atoms with Crippen LogP contribution in [0.3, 0.4) is 0 Å². The lowest BCUT2D eigenvalue weighted by Gasteiger charge is -2.33. The highest BCUT2D eigenvalue weighted by molar-refractivity contribution is 5.70. The molecule has 2 heterocycles. The highest BCUT2D eigenvalue weighted by atomic mass is 16.5. The molecule has 1 saturated heterocycles. The van der Waals surface area contributed by atoms with Crippen molar-refractivity contribution in [3.63, 3.8) is 0 Å². The van der Waals surface area contributed by atoms with E-state index in [2.05, 4.69) is 105 Å². The van der Waals surface area contributed by atoms with Crippen LogP contribution in [0.2, 0.25) is 0 Å². The summed E-state index contributed by atoms with van der Waals surface area (Å²) >= 11 is 0. The Kier molecular flexibility index (Phi) is 9.92. The molecule has 2 aromatic carbocycles. The number of nitrogens with zero attached hydrogens (tertiary/aromatic N) is 2. The normalized spacial score (nSPS) is 17.0.